The monoisotopic (exact) mass is 446 g/mol. The van der Waals surface area contributed by atoms with E-state index in [1.54, 1.807) is 12.1 Å². The number of likely N-dealkylation sites (tertiary alicyclic amines) is 1. The molecular weight excluding hydrogens is 423 g/mol. The van der Waals surface area contributed by atoms with Crippen LogP contribution in [0.2, 0.25) is 5.02 Å². The second kappa shape index (κ2) is 9.49. The highest BCUT2D eigenvalue weighted by Gasteiger charge is 2.45. The van der Waals surface area contributed by atoms with Gasteiger partial charge in [0, 0.05) is 18.7 Å². The highest BCUT2D eigenvalue weighted by molar-refractivity contribution is 6.46. The van der Waals surface area contributed by atoms with Gasteiger partial charge >= 0.3 is 0 Å². The standard InChI is InChI=1S/C23H24ClFN2O4/c1-4-31-18-10-7-15(13-17(18)24)21(28)19-20(14-5-8-16(25)9-6-14)27(12-11-26(2)3)23(30)22(19)29/h5-10,13,20,28H,4,11-12H2,1-3H3/b21-19-. The molecule has 164 valence electrons. The highest BCUT2D eigenvalue weighted by Crippen LogP contribution is 2.40. The van der Waals surface area contributed by atoms with Crippen LogP contribution in [-0.4, -0.2) is 60.4 Å². The summed E-state index contributed by atoms with van der Waals surface area (Å²) in [5.74, 6) is -1.84. The Morgan fingerprint density at radius 2 is 1.87 bits per heavy atom. The number of hydrogen-bond donors (Lipinski definition) is 1. The normalized spacial score (nSPS) is 18.1. The number of ether oxygens (including phenoxy) is 1. The van der Waals surface area contributed by atoms with E-state index in [4.69, 9.17) is 16.3 Å². The summed E-state index contributed by atoms with van der Waals surface area (Å²) in [6.45, 7) is 3.02. The van der Waals surface area contributed by atoms with Gasteiger partial charge in [0.25, 0.3) is 11.7 Å². The average Bonchev–Trinajstić information content (AvgIpc) is 2.98. The maximum Gasteiger partial charge on any atom is 0.295 e. The van der Waals surface area contributed by atoms with Gasteiger partial charge in [-0.05, 0) is 56.9 Å². The Morgan fingerprint density at radius 3 is 2.45 bits per heavy atom. The minimum Gasteiger partial charge on any atom is -0.507 e. The minimum absolute atomic E-state index is 0.0596. The molecule has 1 fully saturated rings. The molecule has 2 aromatic rings. The number of rotatable bonds is 7. The molecule has 0 spiro atoms. The van der Waals surface area contributed by atoms with Crippen LogP contribution >= 0.6 is 11.6 Å². The van der Waals surface area contributed by atoms with Crippen molar-refractivity contribution in [3.05, 3.63) is 70.0 Å². The third kappa shape index (κ3) is 4.73. The van der Waals surface area contributed by atoms with Gasteiger partial charge in [0.05, 0.1) is 23.2 Å². The van der Waals surface area contributed by atoms with E-state index in [0.29, 0.717) is 24.5 Å². The fourth-order valence-corrected chi connectivity index (χ4v) is 3.72. The lowest BCUT2D eigenvalue weighted by Gasteiger charge is -2.26. The Kier molecular flexibility index (Phi) is 6.97. The first-order chi connectivity index (χ1) is 14.7. The summed E-state index contributed by atoms with van der Waals surface area (Å²) in [7, 11) is 3.71. The van der Waals surface area contributed by atoms with Crippen molar-refractivity contribution in [2.45, 2.75) is 13.0 Å². The fraction of sp³-hybridized carbons (Fsp3) is 0.304. The number of hydrogen-bond acceptors (Lipinski definition) is 5. The molecule has 31 heavy (non-hydrogen) atoms. The Morgan fingerprint density at radius 1 is 1.19 bits per heavy atom. The summed E-state index contributed by atoms with van der Waals surface area (Å²) in [6, 6.07) is 9.34. The molecule has 0 bridgehead atoms. The zero-order chi connectivity index (χ0) is 22.7. The predicted molar refractivity (Wildman–Crippen MR) is 117 cm³/mol. The first-order valence-electron chi connectivity index (χ1n) is 9.86. The van der Waals surface area contributed by atoms with Crippen molar-refractivity contribution in [3.8, 4) is 5.75 Å². The summed E-state index contributed by atoms with van der Waals surface area (Å²) in [5.41, 5.74) is 0.750. The Balaban J connectivity index is 2.12. The Bertz CT molecular complexity index is 1020. The summed E-state index contributed by atoms with van der Waals surface area (Å²) in [4.78, 5) is 29.0. The molecular formula is C23H24ClFN2O4. The molecule has 2 aromatic carbocycles. The van der Waals surface area contributed by atoms with Crippen molar-refractivity contribution in [1.29, 1.82) is 0 Å². The molecule has 0 aromatic heterocycles. The molecule has 3 rings (SSSR count). The van der Waals surface area contributed by atoms with Crippen molar-refractivity contribution in [2.24, 2.45) is 0 Å². The SMILES string of the molecule is CCOc1ccc(/C(O)=C2/C(=O)C(=O)N(CCN(C)C)C2c2ccc(F)cc2)cc1Cl. The van der Waals surface area contributed by atoms with Crippen LogP contribution in [0.25, 0.3) is 5.76 Å². The largest absolute Gasteiger partial charge is 0.507 e. The van der Waals surface area contributed by atoms with Gasteiger partial charge in [0.15, 0.2) is 0 Å². The first-order valence-corrected chi connectivity index (χ1v) is 10.2. The van der Waals surface area contributed by atoms with Crippen LogP contribution in [0.3, 0.4) is 0 Å². The van der Waals surface area contributed by atoms with Gasteiger partial charge < -0.3 is 19.6 Å². The van der Waals surface area contributed by atoms with E-state index in [1.807, 2.05) is 25.9 Å². The van der Waals surface area contributed by atoms with E-state index in [2.05, 4.69) is 0 Å². The van der Waals surface area contributed by atoms with Crippen molar-refractivity contribution < 1.29 is 23.8 Å². The molecule has 0 saturated carbocycles. The van der Waals surface area contributed by atoms with Crippen LogP contribution < -0.4 is 4.74 Å². The first kappa shape index (κ1) is 22.8. The van der Waals surface area contributed by atoms with E-state index in [0.717, 1.165) is 0 Å². The van der Waals surface area contributed by atoms with E-state index < -0.39 is 23.5 Å². The number of carbonyl (C=O) groups is 2. The number of likely N-dealkylation sites (N-methyl/N-ethyl adjacent to an activating group) is 1. The summed E-state index contributed by atoms with van der Waals surface area (Å²) in [5, 5.41) is 11.3. The maximum atomic E-state index is 13.5. The Labute approximate surface area is 185 Å². The average molecular weight is 447 g/mol. The molecule has 8 heteroatoms. The van der Waals surface area contributed by atoms with Gasteiger partial charge in [-0.15, -0.1) is 0 Å². The molecule has 1 aliphatic rings. The van der Waals surface area contributed by atoms with Crippen LogP contribution in [0.15, 0.2) is 48.0 Å². The molecule has 1 heterocycles. The smallest absolute Gasteiger partial charge is 0.295 e. The lowest BCUT2D eigenvalue weighted by atomic mass is 9.95. The number of aliphatic hydroxyl groups excluding tert-OH is 1. The molecule has 1 amide bonds. The van der Waals surface area contributed by atoms with Crippen LogP contribution in [0.4, 0.5) is 4.39 Å². The van der Waals surface area contributed by atoms with E-state index in [1.165, 1.54) is 35.2 Å². The fourth-order valence-electron chi connectivity index (χ4n) is 3.49. The Hall–Kier alpha value is -2.90. The molecule has 0 radical (unpaired) electrons. The van der Waals surface area contributed by atoms with E-state index in [9.17, 15) is 19.1 Å². The molecule has 1 aliphatic heterocycles. The summed E-state index contributed by atoms with van der Waals surface area (Å²) < 4.78 is 18.9. The number of amides is 1. The van der Waals surface area contributed by atoms with Crippen LogP contribution in [0, 0.1) is 5.82 Å². The van der Waals surface area contributed by atoms with Gasteiger partial charge in [-0.1, -0.05) is 23.7 Å². The number of Topliss-reactive ketones (excluding diaryl/α,β-unsaturated/α-hetero) is 1. The molecule has 1 atom stereocenters. The molecule has 1 saturated heterocycles. The van der Waals surface area contributed by atoms with Gasteiger partial charge in [0.1, 0.15) is 17.3 Å². The lowest BCUT2D eigenvalue weighted by molar-refractivity contribution is -0.140. The molecule has 1 N–H and O–H groups in total. The van der Waals surface area contributed by atoms with Gasteiger partial charge in [-0.2, -0.15) is 0 Å². The lowest BCUT2D eigenvalue weighted by Crippen LogP contribution is -2.35. The molecule has 1 unspecified atom stereocenters. The number of benzene rings is 2. The third-order valence-electron chi connectivity index (χ3n) is 5.02. The van der Waals surface area contributed by atoms with Crippen LogP contribution in [0.1, 0.15) is 24.1 Å². The van der Waals surface area contributed by atoms with Gasteiger partial charge in [-0.25, -0.2) is 4.39 Å². The minimum atomic E-state index is -0.842. The predicted octanol–water partition coefficient (Wildman–Crippen LogP) is 3.86. The zero-order valence-corrected chi connectivity index (χ0v) is 18.3. The summed E-state index contributed by atoms with van der Waals surface area (Å²) >= 11 is 6.24. The van der Waals surface area contributed by atoms with Crippen LogP contribution in [0.5, 0.6) is 5.75 Å². The van der Waals surface area contributed by atoms with Gasteiger partial charge in [-0.3, -0.25) is 9.59 Å². The number of nitrogens with zero attached hydrogens (tertiary/aromatic N) is 2. The van der Waals surface area contributed by atoms with E-state index in [-0.39, 0.29) is 28.5 Å². The van der Waals surface area contributed by atoms with Crippen molar-refractivity contribution in [1.82, 2.24) is 9.80 Å². The van der Waals surface area contributed by atoms with Crippen molar-refractivity contribution >= 4 is 29.1 Å². The number of aliphatic hydroxyl groups is 1. The molecule has 0 aliphatic carbocycles. The third-order valence-corrected chi connectivity index (χ3v) is 5.31. The van der Waals surface area contributed by atoms with Crippen molar-refractivity contribution in [3.63, 3.8) is 0 Å². The molecule has 6 nitrogen and oxygen atoms in total. The zero-order valence-electron chi connectivity index (χ0n) is 17.6. The summed E-state index contributed by atoms with van der Waals surface area (Å²) in [6.07, 6.45) is 0. The van der Waals surface area contributed by atoms with E-state index >= 15 is 0 Å². The quantitative estimate of drug-likeness (QED) is 0.397. The van der Waals surface area contributed by atoms with Crippen molar-refractivity contribution in [2.75, 3.05) is 33.8 Å². The highest BCUT2D eigenvalue weighted by atomic mass is 35.5. The second-order valence-corrected chi connectivity index (χ2v) is 7.83. The van der Waals surface area contributed by atoms with Gasteiger partial charge in [0.2, 0.25) is 0 Å². The van der Waals surface area contributed by atoms with Crippen LogP contribution in [-0.2, 0) is 9.59 Å². The second-order valence-electron chi connectivity index (χ2n) is 7.43. The maximum absolute atomic E-state index is 13.5. The topological polar surface area (TPSA) is 70.1 Å². The number of carbonyl (C=O) groups excluding carboxylic acids is 2. The number of halogens is 2. The number of ketones is 1.